The molecule has 0 saturated heterocycles. The van der Waals surface area contributed by atoms with Gasteiger partial charge < -0.3 is 9.47 Å². The Kier molecular flexibility index (Phi) is 5.53. The highest BCUT2D eigenvalue weighted by Crippen LogP contribution is 2.33. The van der Waals surface area contributed by atoms with Crippen molar-refractivity contribution in [3.63, 3.8) is 0 Å². The van der Waals surface area contributed by atoms with E-state index in [4.69, 9.17) is 9.47 Å². The third-order valence-electron chi connectivity index (χ3n) is 2.87. The summed E-state index contributed by atoms with van der Waals surface area (Å²) in [7, 11) is 0. The van der Waals surface area contributed by atoms with Gasteiger partial charge in [-0.3, -0.25) is 4.79 Å². The van der Waals surface area contributed by atoms with Crippen molar-refractivity contribution in [1.29, 1.82) is 0 Å². The molecule has 0 aliphatic carbocycles. The Balaban J connectivity index is 3.22. The van der Waals surface area contributed by atoms with Gasteiger partial charge in [0.15, 0.2) is 0 Å². The van der Waals surface area contributed by atoms with E-state index < -0.39 is 11.8 Å². The van der Waals surface area contributed by atoms with E-state index in [1.165, 1.54) is 0 Å². The van der Waals surface area contributed by atoms with Gasteiger partial charge in [-0.2, -0.15) is 0 Å². The van der Waals surface area contributed by atoms with Crippen molar-refractivity contribution < 1.29 is 19.1 Å². The first-order valence-electron chi connectivity index (χ1n) is 7.19. The molecule has 0 saturated carbocycles. The lowest BCUT2D eigenvalue weighted by atomic mass is 9.85. The van der Waals surface area contributed by atoms with Crippen LogP contribution in [0.2, 0.25) is 0 Å². The van der Waals surface area contributed by atoms with E-state index in [0.29, 0.717) is 5.56 Å². The molecule has 0 heterocycles. The van der Waals surface area contributed by atoms with E-state index in [1.54, 1.807) is 25.1 Å². The summed E-state index contributed by atoms with van der Waals surface area (Å²) in [5.74, 6) is -0.716. The second-order valence-electron chi connectivity index (χ2n) is 6.18. The smallest absolute Gasteiger partial charge is 0.379 e. The molecule has 0 aliphatic heterocycles. The van der Waals surface area contributed by atoms with E-state index in [0.717, 1.165) is 11.3 Å². The summed E-state index contributed by atoms with van der Waals surface area (Å²) < 4.78 is 10.5. The van der Waals surface area contributed by atoms with Gasteiger partial charge in [-0.15, -0.1) is 0 Å². The highest BCUT2D eigenvalue weighted by atomic mass is 16.5. The first kappa shape index (κ1) is 17.2. The molecule has 1 rings (SSSR count). The van der Waals surface area contributed by atoms with E-state index in [2.05, 4.69) is 0 Å². The van der Waals surface area contributed by atoms with Crippen LogP contribution in [0.15, 0.2) is 18.2 Å². The maximum Gasteiger partial charge on any atom is 0.379 e. The zero-order chi connectivity index (χ0) is 16.2. The number of Topliss-reactive ketones (excluding diaryl/α,β-unsaturated/α-hetero) is 1. The van der Waals surface area contributed by atoms with Crippen LogP contribution in [0.1, 0.15) is 57.5 Å². The Hall–Kier alpha value is -1.84. The molecule has 0 atom stereocenters. The number of ether oxygens (including phenoxy) is 2. The summed E-state index contributed by atoms with van der Waals surface area (Å²) in [5.41, 5.74) is 1.02. The molecule has 0 aromatic heterocycles. The second kappa shape index (κ2) is 6.74. The van der Waals surface area contributed by atoms with Gasteiger partial charge in [-0.05, 0) is 44.4 Å². The molecule has 1 aromatic rings. The summed E-state index contributed by atoms with van der Waals surface area (Å²) in [6.07, 6.45) is 0.0395. The largest absolute Gasteiger partial charge is 0.491 e. The number of carbonyl (C=O) groups excluding carboxylic acids is 2. The summed E-state index contributed by atoms with van der Waals surface area (Å²) in [4.78, 5) is 23.6. The normalized spacial score (nSPS) is 11.4. The molecule has 21 heavy (non-hydrogen) atoms. The van der Waals surface area contributed by atoms with Gasteiger partial charge in [0.1, 0.15) is 5.75 Å². The molecule has 0 amide bonds. The number of ketones is 1. The standard InChI is InChI=1S/C17H24O4/c1-7-20-16(19)15(18)12-8-9-14(21-11(2)3)13(10-12)17(4,5)6/h8-11H,7H2,1-6H3. The molecule has 0 bridgehead atoms. The molecular formula is C17H24O4. The van der Waals surface area contributed by atoms with Crippen LogP contribution >= 0.6 is 0 Å². The summed E-state index contributed by atoms with van der Waals surface area (Å²) >= 11 is 0. The molecule has 0 fully saturated rings. The number of benzene rings is 1. The van der Waals surface area contributed by atoms with Crippen LogP contribution in [-0.2, 0) is 14.9 Å². The number of carbonyl (C=O) groups is 2. The van der Waals surface area contributed by atoms with Gasteiger partial charge in [-0.25, -0.2) is 4.79 Å². The summed E-state index contributed by atoms with van der Waals surface area (Å²) in [6.45, 7) is 11.9. The van der Waals surface area contributed by atoms with Crippen molar-refractivity contribution >= 4 is 11.8 Å². The Morgan fingerprint density at radius 2 is 1.81 bits per heavy atom. The van der Waals surface area contributed by atoms with Gasteiger partial charge in [0.05, 0.1) is 12.7 Å². The Labute approximate surface area is 126 Å². The van der Waals surface area contributed by atoms with E-state index in [-0.39, 0.29) is 18.1 Å². The van der Waals surface area contributed by atoms with Gasteiger partial charge in [-0.1, -0.05) is 20.8 Å². The molecule has 1 aromatic carbocycles. The lowest BCUT2D eigenvalue weighted by Gasteiger charge is -2.24. The van der Waals surface area contributed by atoms with Crippen LogP contribution in [0.25, 0.3) is 0 Å². The second-order valence-corrected chi connectivity index (χ2v) is 6.18. The van der Waals surface area contributed by atoms with Crippen LogP contribution < -0.4 is 4.74 Å². The number of esters is 1. The SMILES string of the molecule is CCOC(=O)C(=O)c1ccc(OC(C)C)c(C(C)(C)C)c1. The third kappa shape index (κ3) is 4.59. The molecular weight excluding hydrogens is 268 g/mol. The number of rotatable bonds is 5. The van der Waals surface area contributed by atoms with Gasteiger partial charge in [0.25, 0.3) is 5.78 Å². The quantitative estimate of drug-likeness (QED) is 0.473. The number of hydrogen-bond donors (Lipinski definition) is 0. The monoisotopic (exact) mass is 292 g/mol. The number of hydrogen-bond acceptors (Lipinski definition) is 4. The van der Waals surface area contributed by atoms with Gasteiger partial charge in [0, 0.05) is 11.1 Å². The van der Waals surface area contributed by atoms with Crippen molar-refractivity contribution in [1.82, 2.24) is 0 Å². The molecule has 0 N–H and O–H groups in total. The molecule has 0 unspecified atom stereocenters. The summed E-state index contributed by atoms with van der Waals surface area (Å²) in [5, 5.41) is 0. The third-order valence-corrected chi connectivity index (χ3v) is 2.87. The van der Waals surface area contributed by atoms with Gasteiger partial charge >= 0.3 is 5.97 Å². The van der Waals surface area contributed by atoms with E-state index >= 15 is 0 Å². The average Bonchev–Trinajstić information content (AvgIpc) is 2.36. The predicted molar refractivity (Wildman–Crippen MR) is 81.9 cm³/mol. The highest BCUT2D eigenvalue weighted by Gasteiger charge is 2.24. The minimum atomic E-state index is -0.824. The Morgan fingerprint density at radius 3 is 2.29 bits per heavy atom. The molecule has 4 nitrogen and oxygen atoms in total. The fraction of sp³-hybridized carbons (Fsp3) is 0.529. The molecule has 4 heteroatoms. The molecule has 116 valence electrons. The van der Waals surface area contributed by atoms with Gasteiger partial charge in [0.2, 0.25) is 0 Å². The first-order chi connectivity index (χ1) is 9.66. The van der Waals surface area contributed by atoms with Crippen LogP contribution in [0.4, 0.5) is 0 Å². The zero-order valence-corrected chi connectivity index (χ0v) is 13.6. The van der Waals surface area contributed by atoms with E-state index in [9.17, 15) is 9.59 Å². The summed E-state index contributed by atoms with van der Waals surface area (Å²) in [6, 6.07) is 5.07. The molecule has 0 aliphatic rings. The lowest BCUT2D eigenvalue weighted by molar-refractivity contribution is -0.137. The Bertz CT molecular complexity index is 524. The lowest BCUT2D eigenvalue weighted by Crippen LogP contribution is -2.20. The molecule has 0 radical (unpaired) electrons. The van der Waals surface area contributed by atoms with Crippen molar-refractivity contribution in [2.75, 3.05) is 6.61 Å². The van der Waals surface area contributed by atoms with Crippen LogP contribution in [0.3, 0.4) is 0 Å². The average molecular weight is 292 g/mol. The molecule has 0 spiro atoms. The van der Waals surface area contributed by atoms with Crippen LogP contribution in [0.5, 0.6) is 5.75 Å². The van der Waals surface area contributed by atoms with Crippen LogP contribution in [-0.4, -0.2) is 24.5 Å². The van der Waals surface area contributed by atoms with Crippen molar-refractivity contribution in [3.05, 3.63) is 29.3 Å². The first-order valence-corrected chi connectivity index (χ1v) is 7.19. The maximum absolute atomic E-state index is 12.0. The fourth-order valence-corrected chi connectivity index (χ4v) is 1.93. The minimum Gasteiger partial charge on any atom is -0.491 e. The van der Waals surface area contributed by atoms with Crippen molar-refractivity contribution in [3.8, 4) is 5.75 Å². The predicted octanol–water partition coefficient (Wildman–Crippen LogP) is 3.52. The topological polar surface area (TPSA) is 52.6 Å². The van der Waals surface area contributed by atoms with Crippen molar-refractivity contribution in [2.45, 2.75) is 53.1 Å². The van der Waals surface area contributed by atoms with Crippen LogP contribution in [0, 0.1) is 0 Å². The highest BCUT2D eigenvalue weighted by molar-refractivity contribution is 6.40. The maximum atomic E-state index is 12.0. The van der Waals surface area contributed by atoms with Crippen molar-refractivity contribution in [2.24, 2.45) is 0 Å². The minimum absolute atomic E-state index is 0.0395. The van der Waals surface area contributed by atoms with E-state index in [1.807, 2.05) is 34.6 Å². The zero-order valence-electron chi connectivity index (χ0n) is 13.6. The Morgan fingerprint density at radius 1 is 1.19 bits per heavy atom. The fourth-order valence-electron chi connectivity index (χ4n) is 1.93.